The summed E-state index contributed by atoms with van der Waals surface area (Å²) in [7, 11) is 0. The summed E-state index contributed by atoms with van der Waals surface area (Å²) in [5.74, 6) is 1.91. The van der Waals surface area contributed by atoms with Crippen LogP contribution in [0.15, 0.2) is 63.9 Å². The fourth-order valence-electron chi connectivity index (χ4n) is 1.79. The molecule has 3 aromatic rings. The number of benzene rings is 2. The molecule has 0 radical (unpaired) electrons. The van der Waals surface area contributed by atoms with Crippen molar-refractivity contribution in [3.63, 3.8) is 0 Å². The molecule has 1 aromatic heterocycles. The van der Waals surface area contributed by atoms with Gasteiger partial charge in [-0.05, 0) is 31.2 Å². The van der Waals surface area contributed by atoms with Gasteiger partial charge in [0.15, 0.2) is 0 Å². The van der Waals surface area contributed by atoms with Gasteiger partial charge in [0.05, 0.1) is 5.75 Å². The summed E-state index contributed by atoms with van der Waals surface area (Å²) >= 11 is 1.69. The molecular weight excluding hydrogens is 268 g/mol. The predicted octanol–water partition coefficient (Wildman–Crippen LogP) is 4.34. The highest BCUT2D eigenvalue weighted by Crippen LogP contribution is 2.24. The van der Waals surface area contributed by atoms with Gasteiger partial charge in [-0.15, -0.1) is 22.0 Å². The summed E-state index contributed by atoms with van der Waals surface area (Å²) in [5.41, 5.74) is 2.21. The van der Waals surface area contributed by atoms with Crippen molar-refractivity contribution >= 4 is 11.8 Å². The molecule has 1 heterocycles. The number of nitrogens with zero attached hydrogens (tertiary/aromatic N) is 2. The van der Waals surface area contributed by atoms with Crippen LogP contribution in [0.25, 0.3) is 11.5 Å². The standard InChI is InChI=1S/C16H14N2OS/c1-12-7-9-14(10-8-12)20-11-15-17-18-16(19-15)13-5-3-2-4-6-13/h2-10H,11H2,1H3. The van der Waals surface area contributed by atoms with E-state index in [4.69, 9.17) is 4.42 Å². The van der Waals surface area contributed by atoms with Crippen LogP contribution in [0.2, 0.25) is 0 Å². The minimum atomic E-state index is 0.574. The van der Waals surface area contributed by atoms with E-state index in [1.807, 2.05) is 30.3 Å². The Hall–Kier alpha value is -2.07. The molecule has 0 aliphatic heterocycles. The van der Waals surface area contributed by atoms with Crippen LogP contribution in [-0.4, -0.2) is 10.2 Å². The number of hydrogen-bond acceptors (Lipinski definition) is 4. The van der Waals surface area contributed by atoms with Crippen LogP contribution in [0.5, 0.6) is 0 Å². The van der Waals surface area contributed by atoms with Crippen LogP contribution in [0, 0.1) is 6.92 Å². The molecule has 0 aliphatic rings. The maximum absolute atomic E-state index is 5.67. The monoisotopic (exact) mass is 282 g/mol. The van der Waals surface area contributed by atoms with E-state index < -0.39 is 0 Å². The first kappa shape index (κ1) is 12.9. The summed E-state index contributed by atoms with van der Waals surface area (Å²) in [6.45, 7) is 2.08. The van der Waals surface area contributed by atoms with Gasteiger partial charge in [0, 0.05) is 10.5 Å². The number of aromatic nitrogens is 2. The molecule has 100 valence electrons. The summed E-state index contributed by atoms with van der Waals surface area (Å²) < 4.78 is 5.67. The van der Waals surface area contributed by atoms with Crippen molar-refractivity contribution < 1.29 is 4.42 Å². The van der Waals surface area contributed by atoms with Gasteiger partial charge in [-0.2, -0.15) is 0 Å². The molecule has 20 heavy (non-hydrogen) atoms. The van der Waals surface area contributed by atoms with Gasteiger partial charge in [-0.25, -0.2) is 0 Å². The van der Waals surface area contributed by atoms with E-state index in [0.717, 1.165) is 5.56 Å². The van der Waals surface area contributed by atoms with Crippen molar-refractivity contribution in [3.8, 4) is 11.5 Å². The predicted molar refractivity (Wildman–Crippen MR) is 80.5 cm³/mol. The van der Waals surface area contributed by atoms with Crippen molar-refractivity contribution in [2.75, 3.05) is 0 Å². The van der Waals surface area contributed by atoms with Gasteiger partial charge in [0.2, 0.25) is 11.8 Å². The molecule has 0 saturated heterocycles. The third-order valence-corrected chi connectivity index (χ3v) is 3.87. The molecule has 0 amide bonds. The Bertz CT molecular complexity index is 677. The zero-order valence-corrected chi connectivity index (χ0v) is 11.9. The fourth-order valence-corrected chi connectivity index (χ4v) is 2.52. The Morgan fingerprint density at radius 3 is 2.45 bits per heavy atom. The first-order valence-electron chi connectivity index (χ1n) is 6.38. The summed E-state index contributed by atoms with van der Waals surface area (Å²) in [6, 6.07) is 18.2. The largest absolute Gasteiger partial charge is 0.420 e. The van der Waals surface area contributed by atoms with Gasteiger partial charge in [0.1, 0.15) is 0 Å². The highest BCUT2D eigenvalue weighted by molar-refractivity contribution is 7.98. The van der Waals surface area contributed by atoms with E-state index in [1.54, 1.807) is 11.8 Å². The second-order valence-electron chi connectivity index (χ2n) is 4.47. The molecule has 0 aliphatic carbocycles. The van der Waals surface area contributed by atoms with Gasteiger partial charge in [0.25, 0.3) is 0 Å². The normalized spacial score (nSPS) is 10.7. The van der Waals surface area contributed by atoms with Crippen molar-refractivity contribution in [3.05, 3.63) is 66.1 Å². The van der Waals surface area contributed by atoms with Gasteiger partial charge in [-0.1, -0.05) is 35.9 Å². The zero-order chi connectivity index (χ0) is 13.8. The molecule has 2 aromatic carbocycles. The van der Waals surface area contributed by atoms with E-state index in [9.17, 15) is 0 Å². The van der Waals surface area contributed by atoms with Crippen molar-refractivity contribution in [1.29, 1.82) is 0 Å². The lowest BCUT2D eigenvalue weighted by Gasteiger charge is -1.98. The molecule has 3 rings (SSSR count). The van der Waals surface area contributed by atoms with Gasteiger partial charge in [-0.3, -0.25) is 0 Å². The number of rotatable bonds is 4. The van der Waals surface area contributed by atoms with E-state index in [1.165, 1.54) is 10.5 Å². The lowest BCUT2D eigenvalue weighted by Crippen LogP contribution is -1.80. The molecule has 0 N–H and O–H groups in total. The zero-order valence-electron chi connectivity index (χ0n) is 11.1. The van der Waals surface area contributed by atoms with E-state index in [0.29, 0.717) is 17.5 Å². The second-order valence-corrected chi connectivity index (χ2v) is 5.52. The van der Waals surface area contributed by atoms with Crippen molar-refractivity contribution in [2.24, 2.45) is 0 Å². The molecule has 0 fully saturated rings. The van der Waals surface area contributed by atoms with Crippen LogP contribution in [0.3, 0.4) is 0 Å². The Morgan fingerprint density at radius 2 is 1.70 bits per heavy atom. The molecule has 3 nitrogen and oxygen atoms in total. The Balaban J connectivity index is 1.67. The first-order chi connectivity index (χ1) is 9.81. The van der Waals surface area contributed by atoms with E-state index >= 15 is 0 Å². The molecular formula is C16H14N2OS. The SMILES string of the molecule is Cc1ccc(SCc2nnc(-c3ccccc3)o2)cc1. The third-order valence-electron chi connectivity index (χ3n) is 2.87. The number of thioether (sulfide) groups is 1. The van der Waals surface area contributed by atoms with Crippen molar-refractivity contribution in [1.82, 2.24) is 10.2 Å². The quantitative estimate of drug-likeness (QED) is 0.667. The van der Waals surface area contributed by atoms with Crippen LogP contribution in [0.1, 0.15) is 11.5 Å². The number of aryl methyl sites for hydroxylation is 1. The minimum absolute atomic E-state index is 0.574. The topological polar surface area (TPSA) is 38.9 Å². The lowest BCUT2D eigenvalue weighted by atomic mass is 10.2. The van der Waals surface area contributed by atoms with Crippen LogP contribution >= 0.6 is 11.8 Å². The van der Waals surface area contributed by atoms with Crippen LogP contribution < -0.4 is 0 Å². The molecule has 0 unspecified atom stereocenters. The maximum atomic E-state index is 5.67. The van der Waals surface area contributed by atoms with E-state index in [-0.39, 0.29) is 0 Å². The number of hydrogen-bond donors (Lipinski definition) is 0. The summed E-state index contributed by atoms with van der Waals surface area (Å²) in [6.07, 6.45) is 0. The molecule has 0 saturated carbocycles. The lowest BCUT2D eigenvalue weighted by molar-refractivity contribution is 0.528. The van der Waals surface area contributed by atoms with E-state index in [2.05, 4.69) is 41.4 Å². The summed E-state index contributed by atoms with van der Waals surface area (Å²) in [4.78, 5) is 1.20. The summed E-state index contributed by atoms with van der Waals surface area (Å²) in [5, 5.41) is 8.17. The molecule has 0 atom stereocenters. The van der Waals surface area contributed by atoms with Gasteiger partial charge >= 0.3 is 0 Å². The minimum Gasteiger partial charge on any atom is -0.420 e. The smallest absolute Gasteiger partial charge is 0.247 e. The van der Waals surface area contributed by atoms with Crippen molar-refractivity contribution in [2.45, 2.75) is 17.6 Å². The second kappa shape index (κ2) is 5.92. The first-order valence-corrected chi connectivity index (χ1v) is 7.37. The highest BCUT2D eigenvalue weighted by atomic mass is 32.2. The fraction of sp³-hybridized carbons (Fsp3) is 0.125. The average molecular weight is 282 g/mol. The third kappa shape index (κ3) is 3.08. The maximum Gasteiger partial charge on any atom is 0.247 e. The van der Waals surface area contributed by atoms with Gasteiger partial charge < -0.3 is 4.42 Å². The average Bonchev–Trinajstić information content (AvgIpc) is 2.97. The highest BCUT2D eigenvalue weighted by Gasteiger charge is 2.08. The Kier molecular flexibility index (Phi) is 3.83. The Morgan fingerprint density at radius 1 is 0.950 bits per heavy atom. The van der Waals surface area contributed by atoms with Crippen LogP contribution in [-0.2, 0) is 5.75 Å². The molecule has 0 bridgehead atoms. The van der Waals surface area contributed by atoms with Crippen LogP contribution in [0.4, 0.5) is 0 Å². The Labute approximate surface area is 122 Å². The molecule has 4 heteroatoms. The molecule has 0 spiro atoms.